The normalized spacial score (nSPS) is 12.0. The summed E-state index contributed by atoms with van der Waals surface area (Å²) in [7, 11) is 0. The van der Waals surface area contributed by atoms with Gasteiger partial charge in [0.2, 0.25) is 0 Å². The van der Waals surface area contributed by atoms with Crippen molar-refractivity contribution in [1.82, 2.24) is 24.9 Å². The van der Waals surface area contributed by atoms with Crippen molar-refractivity contribution in [1.29, 1.82) is 0 Å². The Morgan fingerprint density at radius 2 is 1.80 bits per heavy atom. The number of rotatable bonds is 5. The number of nitrogens with one attached hydrogen (secondary N) is 1. The molecule has 0 aliphatic heterocycles. The van der Waals surface area contributed by atoms with Crippen molar-refractivity contribution in [2.45, 2.75) is 26.8 Å². The molecule has 0 aliphatic rings. The van der Waals surface area contributed by atoms with Crippen LogP contribution in [-0.2, 0) is 0 Å². The van der Waals surface area contributed by atoms with Gasteiger partial charge in [-0.15, -0.1) is 0 Å². The van der Waals surface area contributed by atoms with E-state index in [1.165, 1.54) is 17.6 Å². The lowest BCUT2D eigenvalue weighted by Crippen LogP contribution is -2.30. The van der Waals surface area contributed by atoms with Gasteiger partial charge in [-0.2, -0.15) is 5.10 Å². The summed E-state index contributed by atoms with van der Waals surface area (Å²) in [6.07, 6.45) is 4.92. The largest absolute Gasteiger partial charge is 0.340 e. The second-order valence-electron chi connectivity index (χ2n) is 7.16. The first kappa shape index (κ1) is 19.4. The smallest absolute Gasteiger partial charge is 0.272 e. The second kappa shape index (κ2) is 7.87. The van der Waals surface area contributed by atoms with Crippen molar-refractivity contribution in [3.8, 4) is 0 Å². The number of hydrogen-bond acceptors (Lipinski definition) is 5. The van der Waals surface area contributed by atoms with E-state index in [0.29, 0.717) is 16.9 Å². The molecule has 0 unspecified atom stereocenters. The number of fused-ring (bicyclic) bond motifs is 1. The molecule has 4 aromatic rings. The molecule has 0 fully saturated rings. The van der Waals surface area contributed by atoms with Crippen LogP contribution in [0, 0.1) is 13.8 Å². The minimum atomic E-state index is -0.353. The molecule has 0 saturated carbocycles. The van der Waals surface area contributed by atoms with Crippen molar-refractivity contribution in [2.75, 3.05) is 0 Å². The summed E-state index contributed by atoms with van der Waals surface area (Å²) in [6, 6.07) is 12.9. The monoisotopic (exact) mass is 399 g/mol. The van der Waals surface area contributed by atoms with E-state index in [1.54, 1.807) is 25.4 Å². The van der Waals surface area contributed by atoms with Crippen molar-refractivity contribution in [3.05, 3.63) is 94.7 Å². The summed E-state index contributed by atoms with van der Waals surface area (Å²) in [4.78, 5) is 33.2. The number of Topliss-reactive ketones (excluding diaryl/α,β-unsaturated/α-hetero) is 1. The van der Waals surface area contributed by atoms with Gasteiger partial charge < -0.3 is 5.32 Å². The summed E-state index contributed by atoms with van der Waals surface area (Å²) in [5.74, 6) is -0.421. The molecule has 1 N–H and O–H groups in total. The molecule has 1 amide bonds. The van der Waals surface area contributed by atoms with Gasteiger partial charge >= 0.3 is 0 Å². The molecule has 7 heteroatoms. The fourth-order valence-corrected chi connectivity index (χ4v) is 3.52. The summed E-state index contributed by atoms with van der Waals surface area (Å²) in [6.45, 7) is 5.28. The first-order valence-corrected chi connectivity index (χ1v) is 9.58. The van der Waals surface area contributed by atoms with E-state index in [1.807, 2.05) is 43.3 Å². The van der Waals surface area contributed by atoms with Crippen LogP contribution >= 0.6 is 0 Å². The van der Waals surface area contributed by atoms with Gasteiger partial charge in [-0.25, -0.2) is 9.50 Å². The predicted molar refractivity (Wildman–Crippen MR) is 112 cm³/mol. The summed E-state index contributed by atoms with van der Waals surface area (Å²) in [5.41, 5.74) is 4.86. The number of nitrogens with zero attached hydrogens (tertiary/aromatic N) is 4. The van der Waals surface area contributed by atoms with Crippen LogP contribution in [-0.4, -0.2) is 31.3 Å². The van der Waals surface area contributed by atoms with E-state index in [9.17, 15) is 9.59 Å². The molecule has 150 valence electrons. The molecular weight excluding hydrogens is 378 g/mol. The van der Waals surface area contributed by atoms with Crippen molar-refractivity contribution in [3.63, 3.8) is 0 Å². The van der Waals surface area contributed by atoms with Gasteiger partial charge in [-0.3, -0.25) is 14.6 Å². The van der Waals surface area contributed by atoms with Crippen molar-refractivity contribution < 1.29 is 9.59 Å². The third-order valence-corrected chi connectivity index (χ3v) is 5.15. The molecule has 1 atom stereocenters. The van der Waals surface area contributed by atoms with Crippen LogP contribution in [0.5, 0.6) is 0 Å². The maximum atomic E-state index is 13.1. The van der Waals surface area contributed by atoms with Crippen molar-refractivity contribution in [2.24, 2.45) is 0 Å². The topological polar surface area (TPSA) is 89.2 Å². The van der Waals surface area contributed by atoms with Crippen LogP contribution in [0.4, 0.5) is 0 Å². The average molecular weight is 399 g/mol. The molecule has 30 heavy (non-hydrogen) atoms. The minimum absolute atomic E-state index is 0.0966. The lowest BCUT2D eigenvalue weighted by molar-refractivity contribution is 0.0937. The summed E-state index contributed by atoms with van der Waals surface area (Å²) in [5, 5.41) is 7.48. The van der Waals surface area contributed by atoms with Gasteiger partial charge in [0.25, 0.3) is 5.91 Å². The zero-order valence-electron chi connectivity index (χ0n) is 17.0. The third kappa shape index (κ3) is 3.57. The van der Waals surface area contributed by atoms with Crippen molar-refractivity contribution >= 4 is 17.3 Å². The zero-order valence-corrected chi connectivity index (χ0v) is 17.0. The van der Waals surface area contributed by atoms with E-state index in [2.05, 4.69) is 20.4 Å². The Hall–Kier alpha value is -3.87. The minimum Gasteiger partial charge on any atom is -0.340 e. The van der Waals surface area contributed by atoms with Crippen LogP contribution in [0.3, 0.4) is 0 Å². The quantitative estimate of drug-likeness (QED) is 0.519. The van der Waals surface area contributed by atoms with Gasteiger partial charge in [-0.05, 0) is 49.6 Å². The molecule has 0 bridgehead atoms. The zero-order chi connectivity index (χ0) is 21.3. The Balaban J connectivity index is 1.72. The molecule has 7 nitrogen and oxygen atoms in total. The van der Waals surface area contributed by atoms with Crippen LogP contribution in [0.25, 0.3) is 5.65 Å². The predicted octanol–water partition coefficient (Wildman–Crippen LogP) is 3.46. The maximum absolute atomic E-state index is 13.1. The van der Waals surface area contributed by atoms with Crippen LogP contribution in [0.1, 0.15) is 56.2 Å². The van der Waals surface area contributed by atoms with Gasteiger partial charge in [-0.1, -0.05) is 24.3 Å². The van der Waals surface area contributed by atoms with Gasteiger partial charge in [0, 0.05) is 24.7 Å². The summed E-state index contributed by atoms with van der Waals surface area (Å²) >= 11 is 0. The molecule has 4 rings (SSSR count). The molecule has 1 aromatic carbocycles. The highest BCUT2D eigenvalue weighted by Crippen LogP contribution is 2.25. The number of carbonyl (C=O) groups is 2. The third-order valence-electron chi connectivity index (χ3n) is 5.15. The number of benzene rings is 1. The van der Waals surface area contributed by atoms with Crippen LogP contribution < -0.4 is 5.32 Å². The van der Waals surface area contributed by atoms with E-state index < -0.39 is 0 Å². The number of pyridine rings is 1. The molecule has 0 saturated heterocycles. The Bertz CT molecular complexity index is 1250. The van der Waals surface area contributed by atoms with Gasteiger partial charge in [0.1, 0.15) is 0 Å². The highest BCUT2D eigenvalue weighted by molar-refractivity contribution is 5.96. The molecule has 0 radical (unpaired) electrons. The number of aromatic nitrogens is 4. The van der Waals surface area contributed by atoms with E-state index in [4.69, 9.17) is 0 Å². The number of amides is 1. The van der Waals surface area contributed by atoms with Gasteiger partial charge in [0.05, 0.1) is 17.3 Å². The second-order valence-corrected chi connectivity index (χ2v) is 7.16. The number of aryl methyl sites for hydroxylation is 2. The Morgan fingerprint density at radius 3 is 2.50 bits per heavy atom. The highest BCUT2D eigenvalue weighted by atomic mass is 16.2. The van der Waals surface area contributed by atoms with Crippen LogP contribution in [0.15, 0.2) is 61.1 Å². The number of ketones is 1. The number of hydrogen-bond donors (Lipinski definition) is 1. The van der Waals surface area contributed by atoms with E-state index in [0.717, 1.165) is 16.7 Å². The van der Waals surface area contributed by atoms with Crippen LogP contribution in [0.2, 0.25) is 0 Å². The molecular formula is C23H21N5O2. The number of carbonyl (C=O) groups excluding carboxylic acids is 2. The molecule has 0 aliphatic carbocycles. The fraction of sp³-hybridized carbons (Fsp3) is 0.174. The SMILES string of the molecule is CC(=O)c1cnc2cc(C(=O)N[C@@H](c3ccncc3)c3ccccc3C)nn2c1C. The Kier molecular flexibility index (Phi) is 5.10. The Labute approximate surface area is 173 Å². The van der Waals surface area contributed by atoms with E-state index >= 15 is 0 Å². The van der Waals surface area contributed by atoms with E-state index in [-0.39, 0.29) is 23.4 Å². The molecule has 0 spiro atoms. The lowest BCUT2D eigenvalue weighted by Gasteiger charge is -2.21. The highest BCUT2D eigenvalue weighted by Gasteiger charge is 2.22. The maximum Gasteiger partial charge on any atom is 0.272 e. The molecule has 3 aromatic heterocycles. The molecule has 3 heterocycles. The summed E-state index contributed by atoms with van der Waals surface area (Å²) < 4.78 is 1.53. The van der Waals surface area contributed by atoms with Gasteiger partial charge in [0.15, 0.2) is 17.1 Å². The first-order valence-electron chi connectivity index (χ1n) is 9.58. The standard InChI is InChI=1S/C23H21N5O2/c1-14-6-4-5-7-18(14)22(17-8-10-24-11-9-17)26-23(30)20-12-21-25-13-19(16(3)29)15(2)28(21)27-20/h4-13,22H,1-3H3,(H,26,30)/t22-/m0/s1. The first-order chi connectivity index (χ1) is 14.5. The Morgan fingerprint density at radius 1 is 1.07 bits per heavy atom. The average Bonchev–Trinajstić information content (AvgIpc) is 3.19. The fourth-order valence-electron chi connectivity index (χ4n) is 3.52. The lowest BCUT2D eigenvalue weighted by atomic mass is 9.95.